The van der Waals surface area contributed by atoms with Gasteiger partial charge in [0.05, 0.1) is 0 Å². The lowest BCUT2D eigenvalue weighted by molar-refractivity contribution is 0.0508. The Balaban J connectivity index is 2.66. The number of halogens is 1. The second-order valence-electron chi connectivity index (χ2n) is 3.13. The van der Waals surface area contributed by atoms with Crippen LogP contribution < -0.4 is 10.1 Å². The van der Waals surface area contributed by atoms with Crippen LogP contribution in [0, 0.1) is 5.82 Å². The lowest BCUT2D eigenvalue weighted by Gasteiger charge is -2.07. The maximum Gasteiger partial charge on any atom is 0.188 e. The van der Waals surface area contributed by atoms with Gasteiger partial charge in [0.1, 0.15) is 11.6 Å². The van der Waals surface area contributed by atoms with Gasteiger partial charge in [0, 0.05) is 19.7 Å². The highest BCUT2D eigenvalue weighted by atomic mass is 19.1. The normalized spacial score (nSPS) is 10.3. The van der Waals surface area contributed by atoms with Crippen molar-refractivity contribution in [2.75, 3.05) is 20.4 Å². The zero-order chi connectivity index (χ0) is 11.1. The lowest BCUT2D eigenvalue weighted by atomic mass is 10.2. The van der Waals surface area contributed by atoms with E-state index < -0.39 is 0 Å². The van der Waals surface area contributed by atoms with Crippen LogP contribution in [-0.2, 0) is 11.3 Å². The Bertz CT molecular complexity index is 278. The van der Waals surface area contributed by atoms with Crippen LogP contribution in [-0.4, -0.2) is 20.4 Å². The molecule has 0 aliphatic carbocycles. The number of nitrogens with one attached hydrogen (secondary N) is 1. The van der Waals surface area contributed by atoms with Crippen molar-refractivity contribution in [1.82, 2.24) is 5.32 Å². The summed E-state index contributed by atoms with van der Waals surface area (Å²) < 4.78 is 23.0. The predicted octanol–water partition coefficient (Wildman–Crippen LogP) is 1.92. The topological polar surface area (TPSA) is 30.5 Å². The van der Waals surface area contributed by atoms with E-state index >= 15 is 0 Å². The molecule has 84 valence electrons. The van der Waals surface area contributed by atoms with Crippen molar-refractivity contribution < 1.29 is 13.9 Å². The average molecular weight is 213 g/mol. The Morgan fingerprint density at radius 1 is 1.33 bits per heavy atom. The smallest absolute Gasteiger partial charge is 0.188 e. The van der Waals surface area contributed by atoms with E-state index in [1.54, 1.807) is 6.07 Å². The molecule has 15 heavy (non-hydrogen) atoms. The fourth-order valence-electron chi connectivity index (χ4n) is 1.20. The van der Waals surface area contributed by atoms with Crippen molar-refractivity contribution in [2.24, 2.45) is 0 Å². The highest BCUT2D eigenvalue weighted by Crippen LogP contribution is 2.16. The van der Waals surface area contributed by atoms with Crippen molar-refractivity contribution >= 4 is 0 Å². The summed E-state index contributed by atoms with van der Waals surface area (Å²) in [5.41, 5.74) is 0.864. The number of benzene rings is 1. The van der Waals surface area contributed by atoms with E-state index in [1.165, 1.54) is 19.2 Å². The van der Waals surface area contributed by atoms with Crippen molar-refractivity contribution in [3.8, 4) is 5.75 Å². The third-order valence-electron chi connectivity index (χ3n) is 1.85. The molecule has 0 bridgehead atoms. The van der Waals surface area contributed by atoms with Crippen LogP contribution >= 0.6 is 0 Å². The third-order valence-corrected chi connectivity index (χ3v) is 1.85. The maximum atomic E-state index is 13.1. The number of hydrogen-bond acceptors (Lipinski definition) is 3. The molecular weight excluding hydrogens is 197 g/mol. The first-order valence-electron chi connectivity index (χ1n) is 4.88. The van der Waals surface area contributed by atoms with Gasteiger partial charge < -0.3 is 14.8 Å². The monoisotopic (exact) mass is 213 g/mol. The Hall–Kier alpha value is -1.13. The molecule has 3 nitrogen and oxygen atoms in total. The summed E-state index contributed by atoms with van der Waals surface area (Å²) in [6.45, 7) is 3.62. The van der Waals surface area contributed by atoms with Gasteiger partial charge in [0.15, 0.2) is 6.79 Å². The molecule has 0 aromatic heterocycles. The summed E-state index contributed by atoms with van der Waals surface area (Å²) in [5.74, 6) is 0.196. The first kappa shape index (κ1) is 11.9. The van der Waals surface area contributed by atoms with E-state index in [4.69, 9.17) is 9.47 Å². The maximum absolute atomic E-state index is 13.1. The van der Waals surface area contributed by atoms with Gasteiger partial charge in [0.25, 0.3) is 0 Å². The van der Waals surface area contributed by atoms with Gasteiger partial charge in [-0.2, -0.15) is 0 Å². The molecule has 0 radical (unpaired) electrons. The molecule has 1 aromatic carbocycles. The number of hydrogen-bond donors (Lipinski definition) is 1. The zero-order valence-corrected chi connectivity index (χ0v) is 9.05. The van der Waals surface area contributed by atoms with E-state index in [9.17, 15) is 4.39 Å². The van der Waals surface area contributed by atoms with Gasteiger partial charge in [-0.25, -0.2) is 4.39 Å². The van der Waals surface area contributed by atoms with E-state index in [0.717, 1.165) is 12.1 Å². The Morgan fingerprint density at radius 3 is 2.80 bits per heavy atom. The molecule has 0 atom stereocenters. The van der Waals surface area contributed by atoms with Crippen LogP contribution in [0.15, 0.2) is 18.2 Å². The molecule has 1 aromatic rings. The molecule has 0 saturated heterocycles. The summed E-state index contributed by atoms with van der Waals surface area (Å²) in [6, 6.07) is 4.63. The minimum Gasteiger partial charge on any atom is -0.467 e. The largest absolute Gasteiger partial charge is 0.467 e. The molecular formula is C11H16FNO2. The molecule has 1 N–H and O–H groups in total. The molecule has 0 heterocycles. The molecule has 0 spiro atoms. The fraction of sp³-hybridized carbons (Fsp3) is 0.455. The van der Waals surface area contributed by atoms with Crippen LogP contribution in [0.2, 0.25) is 0 Å². The molecule has 4 heteroatoms. The number of ether oxygens (including phenoxy) is 2. The molecule has 0 fully saturated rings. The number of methoxy groups -OCH3 is 1. The Kier molecular flexibility index (Phi) is 5.07. The highest BCUT2D eigenvalue weighted by molar-refractivity contribution is 5.29. The van der Waals surface area contributed by atoms with E-state index in [1.807, 2.05) is 6.92 Å². The van der Waals surface area contributed by atoms with Crippen molar-refractivity contribution in [1.29, 1.82) is 0 Å². The minimum atomic E-state index is -0.295. The molecule has 0 unspecified atom stereocenters. The molecule has 0 aliphatic heterocycles. The SMILES string of the molecule is CCNCc1cc(F)cc(OCOC)c1. The Morgan fingerprint density at radius 2 is 2.13 bits per heavy atom. The fourth-order valence-corrected chi connectivity index (χ4v) is 1.20. The van der Waals surface area contributed by atoms with Gasteiger partial charge >= 0.3 is 0 Å². The van der Waals surface area contributed by atoms with E-state index in [0.29, 0.717) is 12.3 Å². The van der Waals surface area contributed by atoms with Crippen molar-refractivity contribution in [2.45, 2.75) is 13.5 Å². The average Bonchev–Trinajstić information content (AvgIpc) is 2.23. The summed E-state index contributed by atoms with van der Waals surface area (Å²) in [4.78, 5) is 0. The van der Waals surface area contributed by atoms with Gasteiger partial charge in [-0.1, -0.05) is 6.92 Å². The summed E-state index contributed by atoms with van der Waals surface area (Å²) in [7, 11) is 1.53. The Labute approximate surface area is 89.2 Å². The standard InChI is InChI=1S/C11H16FNO2/c1-3-13-7-9-4-10(12)6-11(5-9)15-8-14-2/h4-6,13H,3,7-8H2,1-2H3. The van der Waals surface area contributed by atoms with E-state index in [-0.39, 0.29) is 12.6 Å². The van der Waals surface area contributed by atoms with Gasteiger partial charge in [-0.15, -0.1) is 0 Å². The van der Waals surface area contributed by atoms with E-state index in [2.05, 4.69) is 5.32 Å². The van der Waals surface area contributed by atoms with Crippen LogP contribution in [0.25, 0.3) is 0 Å². The molecule has 0 amide bonds. The highest BCUT2D eigenvalue weighted by Gasteiger charge is 2.01. The summed E-state index contributed by atoms with van der Waals surface area (Å²) in [5, 5.41) is 3.12. The van der Waals surface area contributed by atoms with Gasteiger partial charge in [0.2, 0.25) is 0 Å². The van der Waals surface area contributed by atoms with Crippen LogP contribution in [0.4, 0.5) is 4.39 Å². The number of rotatable bonds is 6. The second kappa shape index (κ2) is 6.37. The van der Waals surface area contributed by atoms with Gasteiger partial charge in [-0.05, 0) is 24.2 Å². The first-order chi connectivity index (χ1) is 7.26. The van der Waals surface area contributed by atoms with Crippen molar-refractivity contribution in [3.63, 3.8) is 0 Å². The summed E-state index contributed by atoms with van der Waals surface area (Å²) in [6.07, 6.45) is 0. The second-order valence-corrected chi connectivity index (χ2v) is 3.13. The van der Waals surface area contributed by atoms with Crippen LogP contribution in [0.1, 0.15) is 12.5 Å². The van der Waals surface area contributed by atoms with Gasteiger partial charge in [-0.3, -0.25) is 0 Å². The third kappa shape index (κ3) is 4.27. The first-order valence-corrected chi connectivity index (χ1v) is 4.88. The zero-order valence-electron chi connectivity index (χ0n) is 9.05. The minimum absolute atomic E-state index is 0.129. The summed E-state index contributed by atoms with van der Waals surface area (Å²) >= 11 is 0. The molecule has 0 aliphatic rings. The predicted molar refractivity (Wildman–Crippen MR) is 56.3 cm³/mol. The molecule has 0 saturated carbocycles. The molecule has 1 rings (SSSR count). The van der Waals surface area contributed by atoms with Crippen molar-refractivity contribution in [3.05, 3.63) is 29.6 Å². The quantitative estimate of drug-likeness (QED) is 0.732. The van der Waals surface area contributed by atoms with Crippen LogP contribution in [0.5, 0.6) is 5.75 Å². The van der Waals surface area contributed by atoms with Crippen LogP contribution in [0.3, 0.4) is 0 Å². The lowest BCUT2D eigenvalue weighted by Crippen LogP contribution is -2.12.